The van der Waals surface area contributed by atoms with E-state index in [0.29, 0.717) is 18.8 Å². The van der Waals surface area contributed by atoms with E-state index >= 15 is 0 Å². The molecule has 13 heavy (non-hydrogen) atoms. The largest absolute Gasteiger partial charge is 0.481 e. The molecule has 1 aliphatic rings. The van der Waals surface area contributed by atoms with Crippen molar-refractivity contribution in [3.63, 3.8) is 0 Å². The number of methoxy groups -OCH3 is 1. The zero-order chi connectivity index (χ0) is 9.26. The van der Waals surface area contributed by atoms with Crippen molar-refractivity contribution in [2.75, 3.05) is 7.11 Å². The Kier molecular flexibility index (Phi) is 1.88. The van der Waals surface area contributed by atoms with Gasteiger partial charge in [-0.3, -0.25) is 4.79 Å². The second kappa shape index (κ2) is 3.05. The van der Waals surface area contributed by atoms with E-state index in [2.05, 4.69) is 10.3 Å². The first-order chi connectivity index (χ1) is 6.29. The van der Waals surface area contributed by atoms with Crippen LogP contribution in [0.25, 0.3) is 0 Å². The van der Waals surface area contributed by atoms with Gasteiger partial charge in [-0.25, -0.2) is 4.98 Å². The maximum Gasteiger partial charge on any atom is 0.226 e. The Morgan fingerprint density at radius 1 is 1.54 bits per heavy atom. The molecule has 2 rings (SSSR count). The molecule has 0 unspecified atom stereocenters. The molecule has 0 saturated carbocycles. The van der Waals surface area contributed by atoms with Gasteiger partial charge in [-0.2, -0.15) is 0 Å². The van der Waals surface area contributed by atoms with E-state index < -0.39 is 0 Å². The number of hydrogen-bond acceptors (Lipinski definition) is 3. The van der Waals surface area contributed by atoms with Crippen LogP contribution in [0.1, 0.15) is 11.3 Å². The van der Waals surface area contributed by atoms with Crippen LogP contribution in [0.4, 0.5) is 0 Å². The van der Waals surface area contributed by atoms with Crippen LogP contribution < -0.4 is 10.1 Å². The fourth-order valence-electron chi connectivity index (χ4n) is 1.35. The highest BCUT2D eigenvalue weighted by atomic mass is 16.5. The van der Waals surface area contributed by atoms with Gasteiger partial charge in [-0.1, -0.05) is 6.07 Å². The molecule has 0 radical (unpaired) electrons. The molecule has 1 amide bonds. The van der Waals surface area contributed by atoms with E-state index in [9.17, 15) is 4.79 Å². The third-order valence-corrected chi connectivity index (χ3v) is 2.06. The third-order valence-electron chi connectivity index (χ3n) is 2.06. The maximum absolute atomic E-state index is 11.0. The molecule has 0 fully saturated rings. The highest BCUT2D eigenvalue weighted by Crippen LogP contribution is 2.15. The first-order valence-electron chi connectivity index (χ1n) is 4.09. The molecule has 0 aromatic carbocycles. The van der Waals surface area contributed by atoms with Crippen LogP contribution in [-0.4, -0.2) is 18.0 Å². The SMILES string of the molecule is COc1ccc2c(n1)CC(=O)NC2. The summed E-state index contributed by atoms with van der Waals surface area (Å²) >= 11 is 0. The summed E-state index contributed by atoms with van der Waals surface area (Å²) in [6, 6.07) is 3.73. The first kappa shape index (κ1) is 8.04. The molecule has 4 heteroatoms. The number of carbonyl (C=O) groups is 1. The molecular formula is C9H10N2O2. The maximum atomic E-state index is 11.0. The van der Waals surface area contributed by atoms with Crippen LogP contribution in [0.15, 0.2) is 12.1 Å². The van der Waals surface area contributed by atoms with Gasteiger partial charge >= 0.3 is 0 Å². The number of nitrogens with one attached hydrogen (secondary N) is 1. The molecular weight excluding hydrogens is 168 g/mol. The van der Waals surface area contributed by atoms with E-state index in [1.54, 1.807) is 13.2 Å². The molecule has 0 aliphatic carbocycles. The number of nitrogens with zero attached hydrogens (tertiary/aromatic N) is 1. The minimum Gasteiger partial charge on any atom is -0.481 e. The molecule has 2 heterocycles. The lowest BCUT2D eigenvalue weighted by Crippen LogP contribution is -2.30. The second-order valence-electron chi connectivity index (χ2n) is 2.91. The highest BCUT2D eigenvalue weighted by Gasteiger charge is 2.16. The van der Waals surface area contributed by atoms with Crippen LogP contribution in [0, 0.1) is 0 Å². The number of aromatic nitrogens is 1. The topological polar surface area (TPSA) is 51.2 Å². The predicted molar refractivity (Wildman–Crippen MR) is 46.3 cm³/mol. The van der Waals surface area contributed by atoms with Gasteiger partial charge in [-0.15, -0.1) is 0 Å². The summed E-state index contributed by atoms with van der Waals surface area (Å²) in [4.78, 5) is 15.2. The Bertz CT molecular complexity index is 349. The average Bonchev–Trinajstić information content (AvgIpc) is 2.16. The van der Waals surface area contributed by atoms with Crippen molar-refractivity contribution in [1.82, 2.24) is 10.3 Å². The summed E-state index contributed by atoms with van der Waals surface area (Å²) in [5.41, 5.74) is 1.89. The van der Waals surface area contributed by atoms with Gasteiger partial charge in [0.25, 0.3) is 0 Å². The van der Waals surface area contributed by atoms with E-state index in [4.69, 9.17) is 4.74 Å². The number of rotatable bonds is 1. The highest BCUT2D eigenvalue weighted by molar-refractivity contribution is 5.80. The summed E-state index contributed by atoms with van der Waals surface area (Å²) in [7, 11) is 1.57. The Hall–Kier alpha value is -1.58. The van der Waals surface area contributed by atoms with Crippen LogP contribution in [0.3, 0.4) is 0 Å². The number of fused-ring (bicyclic) bond motifs is 1. The van der Waals surface area contributed by atoms with Crippen LogP contribution in [-0.2, 0) is 17.8 Å². The fraction of sp³-hybridized carbons (Fsp3) is 0.333. The molecule has 1 aliphatic heterocycles. The van der Waals surface area contributed by atoms with Crippen molar-refractivity contribution >= 4 is 5.91 Å². The lowest BCUT2D eigenvalue weighted by molar-refractivity contribution is -0.121. The summed E-state index contributed by atoms with van der Waals surface area (Å²) < 4.78 is 4.97. The van der Waals surface area contributed by atoms with Crippen molar-refractivity contribution in [2.45, 2.75) is 13.0 Å². The van der Waals surface area contributed by atoms with Gasteiger partial charge in [0.15, 0.2) is 0 Å². The lowest BCUT2D eigenvalue weighted by atomic mass is 10.1. The molecule has 1 N–H and O–H groups in total. The molecule has 68 valence electrons. The van der Waals surface area contributed by atoms with Crippen molar-refractivity contribution < 1.29 is 9.53 Å². The summed E-state index contributed by atoms with van der Waals surface area (Å²) in [5.74, 6) is 0.585. The average molecular weight is 178 g/mol. The second-order valence-corrected chi connectivity index (χ2v) is 2.91. The Balaban J connectivity index is 2.38. The standard InChI is InChI=1S/C9H10N2O2/c1-13-9-3-2-6-5-10-8(12)4-7(6)11-9/h2-3H,4-5H2,1H3,(H,10,12). The number of carbonyl (C=O) groups excluding carboxylic acids is 1. The zero-order valence-electron chi connectivity index (χ0n) is 7.33. The molecule has 0 atom stereocenters. The van der Waals surface area contributed by atoms with Crippen LogP contribution in [0.2, 0.25) is 0 Å². The van der Waals surface area contributed by atoms with Gasteiger partial charge in [0, 0.05) is 12.6 Å². The van der Waals surface area contributed by atoms with E-state index in [1.165, 1.54) is 0 Å². The van der Waals surface area contributed by atoms with Crippen LogP contribution in [0.5, 0.6) is 5.88 Å². The first-order valence-corrected chi connectivity index (χ1v) is 4.09. The van der Waals surface area contributed by atoms with Crippen molar-refractivity contribution in [3.8, 4) is 5.88 Å². The number of pyridine rings is 1. The summed E-state index contributed by atoms with van der Waals surface area (Å²) in [6.45, 7) is 0.575. The van der Waals surface area contributed by atoms with Crippen molar-refractivity contribution in [2.24, 2.45) is 0 Å². The number of hydrogen-bond donors (Lipinski definition) is 1. The zero-order valence-corrected chi connectivity index (χ0v) is 7.33. The number of ether oxygens (including phenoxy) is 1. The Morgan fingerprint density at radius 2 is 2.38 bits per heavy atom. The lowest BCUT2D eigenvalue weighted by Gasteiger charge is -2.15. The normalized spacial score (nSPS) is 14.7. The van der Waals surface area contributed by atoms with E-state index in [1.807, 2.05) is 6.07 Å². The summed E-state index contributed by atoms with van der Waals surface area (Å²) in [6.07, 6.45) is 0.354. The monoisotopic (exact) mass is 178 g/mol. The fourth-order valence-corrected chi connectivity index (χ4v) is 1.35. The predicted octanol–water partition coefficient (Wildman–Crippen LogP) is 0.262. The van der Waals surface area contributed by atoms with E-state index in [-0.39, 0.29) is 5.91 Å². The molecule has 1 aromatic heterocycles. The third kappa shape index (κ3) is 1.47. The van der Waals surface area contributed by atoms with Gasteiger partial charge in [0.05, 0.1) is 19.2 Å². The Morgan fingerprint density at radius 3 is 3.15 bits per heavy atom. The smallest absolute Gasteiger partial charge is 0.226 e. The molecule has 4 nitrogen and oxygen atoms in total. The molecule has 0 saturated heterocycles. The van der Waals surface area contributed by atoms with Gasteiger partial charge in [0.2, 0.25) is 11.8 Å². The molecule has 0 bridgehead atoms. The summed E-state index contributed by atoms with van der Waals surface area (Å²) in [5, 5.41) is 2.76. The number of amides is 1. The van der Waals surface area contributed by atoms with Crippen molar-refractivity contribution in [3.05, 3.63) is 23.4 Å². The van der Waals surface area contributed by atoms with Crippen LogP contribution >= 0.6 is 0 Å². The minimum atomic E-state index is 0.0215. The van der Waals surface area contributed by atoms with Gasteiger partial charge in [0.1, 0.15) is 0 Å². The van der Waals surface area contributed by atoms with Crippen molar-refractivity contribution in [1.29, 1.82) is 0 Å². The molecule has 1 aromatic rings. The van der Waals surface area contributed by atoms with Gasteiger partial charge in [-0.05, 0) is 5.56 Å². The molecule has 0 spiro atoms. The quantitative estimate of drug-likeness (QED) is 0.671. The Labute approximate surface area is 75.9 Å². The minimum absolute atomic E-state index is 0.0215. The van der Waals surface area contributed by atoms with E-state index in [0.717, 1.165) is 11.3 Å². The van der Waals surface area contributed by atoms with Gasteiger partial charge < -0.3 is 10.1 Å².